The normalized spacial score (nSPS) is 52.3. The fraction of sp³-hybridized carbons (Fsp3) is 1.00. The molecule has 28 heavy (non-hydrogen) atoms. The Balaban J connectivity index is 1.46. The lowest BCUT2D eigenvalue weighted by Crippen LogP contribution is -2.54. The zero-order chi connectivity index (χ0) is 20.6. The van der Waals surface area contributed by atoms with E-state index in [0.717, 1.165) is 0 Å². The molecule has 3 rings (SSSR count). The van der Waals surface area contributed by atoms with Gasteiger partial charge in [0.05, 0.1) is 19.8 Å². The quantitative estimate of drug-likeness (QED) is 0.204. The van der Waals surface area contributed by atoms with Crippen molar-refractivity contribution in [3.05, 3.63) is 0 Å². The highest BCUT2D eigenvalue weighted by molar-refractivity contribution is 4.90. The summed E-state index contributed by atoms with van der Waals surface area (Å²) in [5.74, 6) is 0. The predicted octanol–water partition coefficient (Wildman–Crippen LogP) is -5.66. The lowest BCUT2D eigenvalue weighted by molar-refractivity contribution is -0.279. The number of ether oxygens (including phenoxy) is 5. The third kappa shape index (κ3) is 4.46. The summed E-state index contributed by atoms with van der Waals surface area (Å²) in [5.41, 5.74) is 0. The molecule has 0 aromatic carbocycles. The second-order valence-electron chi connectivity index (χ2n) is 6.99. The molecule has 3 aliphatic heterocycles. The van der Waals surface area contributed by atoms with E-state index in [1.54, 1.807) is 0 Å². The molecule has 0 saturated carbocycles. The molecule has 12 atom stereocenters. The maximum atomic E-state index is 10.1. The van der Waals surface area contributed by atoms with Crippen LogP contribution in [0.5, 0.6) is 0 Å². The third-order valence-corrected chi connectivity index (χ3v) is 4.96. The number of hydrogen-bond donors (Lipinski definition) is 8. The van der Waals surface area contributed by atoms with Gasteiger partial charge in [0.1, 0.15) is 54.9 Å². The van der Waals surface area contributed by atoms with Crippen LogP contribution in [0.3, 0.4) is 0 Å². The lowest BCUT2D eigenvalue weighted by atomic mass is 10.1. The van der Waals surface area contributed by atoms with Crippen molar-refractivity contribution < 1.29 is 64.5 Å². The topological polar surface area (TPSA) is 208 Å². The van der Waals surface area contributed by atoms with E-state index >= 15 is 0 Å². The molecule has 3 heterocycles. The minimum Gasteiger partial charge on any atom is -0.388 e. The van der Waals surface area contributed by atoms with Gasteiger partial charge in [-0.25, -0.2) is 0 Å². The fourth-order valence-electron chi connectivity index (χ4n) is 3.16. The molecular formula is C15H26O13. The van der Waals surface area contributed by atoms with Gasteiger partial charge in [-0.15, -0.1) is 0 Å². The Morgan fingerprint density at radius 2 is 1.14 bits per heavy atom. The maximum Gasteiger partial charge on any atom is 0.186 e. The molecule has 3 fully saturated rings. The van der Waals surface area contributed by atoms with Crippen molar-refractivity contribution in [1.82, 2.24) is 0 Å². The smallest absolute Gasteiger partial charge is 0.186 e. The molecule has 164 valence electrons. The molecule has 0 bridgehead atoms. The number of aliphatic hydroxyl groups is 8. The summed E-state index contributed by atoms with van der Waals surface area (Å²) >= 11 is 0. The molecule has 0 spiro atoms. The van der Waals surface area contributed by atoms with E-state index < -0.39 is 73.8 Å². The first-order chi connectivity index (χ1) is 13.2. The molecule has 13 heteroatoms. The summed E-state index contributed by atoms with van der Waals surface area (Å²) in [4.78, 5) is 0. The summed E-state index contributed by atoms with van der Waals surface area (Å²) in [7, 11) is 0. The Labute approximate surface area is 159 Å². The molecule has 0 aromatic rings. The van der Waals surface area contributed by atoms with E-state index in [-0.39, 0.29) is 19.8 Å². The summed E-state index contributed by atoms with van der Waals surface area (Å²) in [6.45, 7) is -0.929. The van der Waals surface area contributed by atoms with E-state index in [1.807, 2.05) is 0 Å². The van der Waals surface area contributed by atoms with Gasteiger partial charge in [0.15, 0.2) is 18.9 Å². The molecule has 8 N–H and O–H groups in total. The van der Waals surface area contributed by atoms with E-state index in [4.69, 9.17) is 23.7 Å². The highest BCUT2D eigenvalue weighted by atomic mass is 16.7. The fourth-order valence-corrected chi connectivity index (χ4v) is 3.16. The van der Waals surface area contributed by atoms with Crippen molar-refractivity contribution in [2.24, 2.45) is 0 Å². The molecule has 13 nitrogen and oxygen atoms in total. The van der Waals surface area contributed by atoms with Gasteiger partial charge in [0, 0.05) is 0 Å². The van der Waals surface area contributed by atoms with E-state index in [1.165, 1.54) is 0 Å². The minimum atomic E-state index is -1.57. The van der Waals surface area contributed by atoms with Crippen LogP contribution in [0.4, 0.5) is 0 Å². The molecule has 12 unspecified atom stereocenters. The monoisotopic (exact) mass is 414 g/mol. The van der Waals surface area contributed by atoms with Gasteiger partial charge in [0.2, 0.25) is 0 Å². The van der Waals surface area contributed by atoms with Crippen LogP contribution >= 0.6 is 0 Å². The van der Waals surface area contributed by atoms with Crippen molar-refractivity contribution in [1.29, 1.82) is 0 Å². The highest BCUT2D eigenvalue weighted by Gasteiger charge is 2.47. The molecule has 0 aromatic heterocycles. The first-order valence-corrected chi connectivity index (χ1v) is 8.81. The molecule has 3 saturated heterocycles. The Hall–Kier alpha value is -0.520. The Morgan fingerprint density at radius 3 is 1.75 bits per heavy atom. The largest absolute Gasteiger partial charge is 0.388 e. The number of rotatable bonds is 6. The van der Waals surface area contributed by atoms with E-state index in [9.17, 15) is 40.9 Å². The Bertz CT molecular complexity index is 508. The van der Waals surface area contributed by atoms with E-state index in [2.05, 4.69) is 0 Å². The predicted molar refractivity (Wildman–Crippen MR) is 83.2 cm³/mol. The zero-order valence-electron chi connectivity index (χ0n) is 14.7. The second kappa shape index (κ2) is 9.09. The van der Waals surface area contributed by atoms with Crippen LogP contribution < -0.4 is 0 Å². The van der Waals surface area contributed by atoms with Gasteiger partial charge in [-0.05, 0) is 0 Å². The van der Waals surface area contributed by atoms with Crippen molar-refractivity contribution in [2.45, 2.75) is 73.8 Å². The van der Waals surface area contributed by atoms with Crippen molar-refractivity contribution >= 4 is 0 Å². The summed E-state index contributed by atoms with van der Waals surface area (Å²) in [6.07, 6.45) is -16.3. The Kier molecular flexibility index (Phi) is 7.20. The van der Waals surface area contributed by atoms with Crippen LogP contribution in [0.2, 0.25) is 0 Å². The average molecular weight is 414 g/mol. The van der Waals surface area contributed by atoms with Crippen molar-refractivity contribution in [3.8, 4) is 0 Å². The first-order valence-electron chi connectivity index (χ1n) is 8.81. The molecular weight excluding hydrogens is 388 g/mol. The zero-order valence-corrected chi connectivity index (χ0v) is 14.7. The van der Waals surface area contributed by atoms with E-state index in [0.29, 0.717) is 0 Å². The Morgan fingerprint density at radius 1 is 0.607 bits per heavy atom. The van der Waals surface area contributed by atoms with Crippen LogP contribution in [-0.4, -0.2) is 134 Å². The summed E-state index contributed by atoms with van der Waals surface area (Å²) in [6, 6.07) is 0. The highest BCUT2D eigenvalue weighted by Crippen LogP contribution is 2.26. The third-order valence-electron chi connectivity index (χ3n) is 4.96. The standard InChI is InChI=1S/C15H26O13/c16-4-1-24-14(11(21)7(4)17)25-3-6-9(19)12(22)15(28-6)26-2-5-8(18)10(20)13(23)27-5/h4-23H,1-3H2. The van der Waals surface area contributed by atoms with Gasteiger partial charge >= 0.3 is 0 Å². The lowest BCUT2D eigenvalue weighted by Gasteiger charge is -2.35. The van der Waals surface area contributed by atoms with Gasteiger partial charge in [-0.1, -0.05) is 0 Å². The minimum absolute atomic E-state index is 0.257. The van der Waals surface area contributed by atoms with Gasteiger partial charge in [-0.3, -0.25) is 0 Å². The van der Waals surface area contributed by atoms with Gasteiger partial charge in [0.25, 0.3) is 0 Å². The van der Waals surface area contributed by atoms with Crippen LogP contribution in [0.25, 0.3) is 0 Å². The molecule has 0 aliphatic carbocycles. The van der Waals surface area contributed by atoms with Gasteiger partial charge in [-0.2, -0.15) is 0 Å². The average Bonchev–Trinajstić information content (AvgIpc) is 3.08. The van der Waals surface area contributed by atoms with Gasteiger partial charge < -0.3 is 64.5 Å². The van der Waals surface area contributed by atoms with Crippen molar-refractivity contribution in [2.75, 3.05) is 19.8 Å². The molecule has 0 amide bonds. The first kappa shape index (κ1) is 22.2. The number of aliphatic hydroxyl groups excluding tert-OH is 8. The van der Waals surface area contributed by atoms with Crippen LogP contribution in [-0.2, 0) is 23.7 Å². The van der Waals surface area contributed by atoms with Crippen molar-refractivity contribution in [3.63, 3.8) is 0 Å². The number of hydrogen-bond acceptors (Lipinski definition) is 13. The SMILES string of the molecule is OC1COC(OCC2OC(OCC3OC(O)C(O)C3O)C(O)C2O)C(O)C1O. The summed E-state index contributed by atoms with van der Waals surface area (Å²) < 4.78 is 25.8. The molecule has 0 radical (unpaired) electrons. The summed E-state index contributed by atoms with van der Waals surface area (Å²) in [5, 5.41) is 77.4. The van der Waals surface area contributed by atoms with Crippen LogP contribution in [0.1, 0.15) is 0 Å². The molecule has 3 aliphatic rings. The van der Waals surface area contributed by atoms with Crippen LogP contribution in [0, 0.1) is 0 Å². The maximum absolute atomic E-state index is 10.1. The second-order valence-corrected chi connectivity index (χ2v) is 6.99. The van der Waals surface area contributed by atoms with Crippen LogP contribution in [0.15, 0.2) is 0 Å².